The summed E-state index contributed by atoms with van der Waals surface area (Å²) in [5.74, 6) is -0.0139. The van der Waals surface area contributed by atoms with Gasteiger partial charge in [-0.15, -0.1) is 0 Å². The number of nitrogens with two attached hydrogens (primary N) is 1. The maximum absolute atomic E-state index is 11.2. The molecule has 0 amide bonds. The highest BCUT2D eigenvalue weighted by Crippen LogP contribution is 2.09. The highest BCUT2D eigenvalue weighted by Gasteiger charge is 2.26. The number of carbonyl (C=O) groups is 1. The van der Waals surface area contributed by atoms with Gasteiger partial charge in [-0.3, -0.25) is 4.79 Å². The van der Waals surface area contributed by atoms with E-state index in [4.69, 9.17) is 10.5 Å². The maximum Gasteiger partial charge on any atom is 0.325 e. The fourth-order valence-corrected chi connectivity index (χ4v) is 0.457. The molecule has 0 aromatic rings. The van der Waals surface area contributed by atoms with Crippen LogP contribution in [0.2, 0.25) is 0 Å². The third-order valence-corrected chi connectivity index (χ3v) is 1.76. The molecule has 0 radical (unpaired) electrons. The molecule has 0 aliphatic rings. The average molecular weight is 173 g/mol. The summed E-state index contributed by atoms with van der Waals surface area (Å²) in [6.07, 6.45) is -0.0691. The Labute approximate surface area is 74.3 Å². The quantitative estimate of drug-likeness (QED) is 0.655. The zero-order valence-electron chi connectivity index (χ0n) is 8.55. The van der Waals surface area contributed by atoms with Crippen LogP contribution in [0, 0.1) is 5.92 Å². The van der Waals surface area contributed by atoms with Crippen molar-refractivity contribution in [3.63, 3.8) is 0 Å². The van der Waals surface area contributed by atoms with Crippen LogP contribution in [0.5, 0.6) is 0 Å². The van der Waals surface area contributed by atoms with Gasteiger partial charge >= 0.3 is 5.97 Å². The van der Waals surface area contributed by atoms with Crippen molar-refractivity contribution in [1.29, 1.82) is 0 Å². The van der Waals surface area contributed by atoms with E-state index >= 15 is 0 Å². The standard InChI is InChI=1S/C9H19NO2/c1-6(2)7(3)12-8(11)9(4,5)10/h6-7H,10H2,1-5H3/t7-/m1/s1. The highest BCUT2D eigenvalue weighted by molar-refractivity contribution is 5.79. The van der Waals surface area contributed by atoms with Crippen LogP contribution in [-0.4, -0.2) is 17.6 Å². The normalized spacial score (nSPS) is 14.6. The van der Waals surface area contributed by atoms with E-state index in [0.29, 0.717) is 5.92 Å². The lowest BCUT2D eigenvalue weighted by molar-refractivity contribution is -0.155. The summed E-state index contributed by atoms with van der Waals surface area (Å²) in [6, 6.07) is 0. The topological polar surface area (TPSA) is 52.3 Å². The smallest absolute Gasteiger partial charge is 0.325 e. The number of ether oxygens (including phenoxy) is 1. The second-order valence-electron chi connectivity index (χ2n) is 4.08. The molecule has 0 fully saturated rings. The zero-order valence-corrected chi connectivity index (χ0v) is 8.55. The van der Waals surface area contributed by atoms with Crippen LogP contribution in [0.1, 0.15) is 34.6 Å². The molecule has 2 N–H and O–H groups in total. The van der Waals surface area contributed by atoms with Gasteiger partial charge in [0.1, 0.15) is 11.6 Å². The van der Waals surface area contributed by atoms with Crippen molar-refractivity contribution in [3.05, 3.63) is 0 Å². The van der Waals surface area contributed by atoms with E-state index in [1.54, 1.807) is 13.8 Å². The van der Waals surface area contributed by atoms with E-state index in [0.717, 1.165) is 0 Å². The number of carbonyl (C=O) groups excluding carboxylic acids is 1. The van der Waals surface area contributed by atoms with E-state index in [1.807, 2.05) is 20.8 Å². The molecular weight excluding hydrogens is 154 g/mol. The van der Waals surface area contributed by atoms with Crippen molar-refractivity contribution in [3.8, 4) is 0 Å². The first-order valence-electron chi connectivity index (χ1n) is 4.25. The third kappa shape index (κ3) is 3.72. The summed E-state index contributed by atoms with van der Waals surface area (Å²) in [5.41, 5.74) is 4.67. The molecule has 0 spiro atoms. The molecule has 0 aliphatic heterocycles. The van der Waals surface area contributed by atoms with Gasteiger partial charge in [0, 0.05) is 0 Å². The minimum atomic E-state index is -0.886. The van der Waals surface area contributed by atoms with Crippen molar-refractivity contribution < 1.29 is 9.53 Å². The molecule has 72 valence electrons. The summed E-state index contributed by atoms with van der Waals surface area (Å²) < 4.78 is 5.11. The third-order valence-electron chi connectivity index (χ3n) is 1.76. The van der Waals surface area contributed by atoms with E-state index < -0.39 is 5.54 Å². The summed E-state index contributed by atoms with van der Waals surface area (Å²) in [4.78, 5) is 11.2. The molecule has 0 unspecified atom stereocenters. The van der Waals surface area contributed by atoms with Crippen molar-refractivity contribution in [2.75, 3.05) is 0 Å². The highest BCUT2D eigenvalue weighted by atomic mass is 16.5. The van der Waals surface area contributed by atoms with Crippen LogP contribution in [0.4, 0.5) is 0 Å². The van der Waals surface area contributed by atoms with Gasteiger partial charge in [-0.2, -0.15) is 0 Å². The fraction of sp³-hybridized carbons (Fsp3) is 0.889. The summed E-state index contributed by atoms with van der Waals surface area (Å²) in [5, 5.41) is 0. The first-order chi connectivity index (χ1) is 5.25. The Kier molecular flexibility index (Phi) is 3.71. The predicted molar refractivity (Wildman–Crippen MR) is 48.7 cm³/mol. The molecule has 3 heteroatoms. The van der Waals surface area contributed by atoms with Crippen LogP contribution in [0.3, 0.4) is 0 Å². The van der Waals surface area contributed by atoms with Gasteiger partial charge in [-0.1, -0.05) is 13.8 Å². The largest absolute Gasteiger partial charge is 0.461 e. The van der Waals surface area contributed by atoms with Crippen molar-refractivity contribution >= 4 is 5.97 Å². The van der Waals surface area contributed by atoms with Gasteiger partial charge in [0.05, 0.1) is 0 Å². The molecular formula is C9H19NO2. The Balaban J connectivity index is 4.02. The molecule has 0 saturated carbocycles. The second kappa shape index (κ2) is 3.90. The first-order valence-corrected chi connectivity index (χ1v) is 4.25. The number of hydrogen-bond acceptors (Lipinski definition) is 3. The van der Waals surface area contributed by atoms with Gasteiger partial charge in [-0.05, 0) is 26.7 Å². The monoisotopic (exact) mass is 173 g/mol. The molecule has 0 aromatic heterocycles. The summed E-state index contributed by atoms with van der Waals surface area (Å²) in [7, 11) is 0. The van der Waals surface area contributed by atoms with Crippen molar-refractivity contribution in [2.24, 2.45) is 11.7 Å². The number of hydrogen-bond donors (Lipinski definition) is 1. The fourth-order valence-electron chi connectivity index (χ4n) is 0.457. The van der Waals surface area contributed by atoms with Crippen LogP contribution in [0.15, 0.2) is 0 Å². The Hall–Kier alpha value is -0.570. The van der Waals surface area contributed by atoms with Crippen LogP contribution < -0.4 is 5.73 Å². The summed E-state index contributed by atoms with van der Waals surface area (Å²) >= 11 is 0. The minimum absolute atomic E-state index is 0.0691. The van der Waals surface area contributed by atoms with Crippen LogP contribution in [-0.2, 0) is 9.53 Å². The zero-order chi connectivity index (χ0) is 9.94. The Bertz CT molecular complexity index is 158. The molecule has 0 saturated heterocycles. The van der Waals surface area contributed by atoms with Gasteiger partial charge in [0.15, 0.2) is 0 Å². The van der Waals surface area contributed by atoms with Gasteiger partial charge in [0.2, 0.25) is 0 Å². The van der Waals surface area contributed by atoms with Crippen molar-refractivity contribution in [2.45, 2.75) is 46.3 Å². The lowest BCUT2D eigenvalue weighted by Gasteiger charge is -2.22. The first kappa shape index (κ1) is 11.4. The van der Waals surface area contributed by atoms with E-state index in [9.17, 15) is 4.79 Å². The second-order valence-corrected chi connectivity index (χ2v) is 4.08. The molecule has 0 aliphatic carbocycles. The molecule has 0 rings (SSSR count). The van der Waals surface area contributed by atoms with Crippen LogP contribution in [0.25, 0.3) is 0 Å². The lowest BCUT2D eigenvalue weighted by atomic mass is 10.1. The van der Waals surface area contributed by atoms with Gasteiger partial charge < -0.3 is 10.5 Å². The average Bonchev–Trinajstić information content (AvgIpc) is 1.85. The van der Waals surface area contributed by atoms with Crippen LogP contribution >= 0.6 is 0 Å². The van der Waals surface area contributed by atoms with E-state index in [1.165, 1.54) is 0 Å². The predicted octanol–water partition coefficient (Wildman–Crippen LogP) is 1.31. The maximum atomic E-state index is 11.2. The number of rotatable bonds is 3. The molecule has 1 atom stereocenters. The lowest BCUT2D eigenvalue weighted by Crippen LogP contribution is -2.44. The Morgan fingerprint density at radius 2 is 1.75 bits per heavy atom. The Morgan fingerprint density at radius 3 is 2.00 bits per heavy atom. The SMILES string of the molecule is CC(C)[C@@H](C)OC(=O)C(C)(C)N. The Morgan fingerprint density at radius 1 is 1.33 bits per heavy atom. The summed E-state index contributed by atoms with van der Waals surface area (Å²) in [6.45, 7) is 9.15. The molecule has 0 bridgehead atoms. The molecule has 12 heavy (non-hydrogen) atoms. The van der Waals surface area contributed by atoms with E-state index in [-0.39, 0.29) is 12.1 Å². The van der Waals surface area contributed by atoms with Crippen molar-refractivity contribution in [1.82, 2.24) is 0 Å². The minimum Gasteiger partial charge on any atom is -0.461 e. The van der Waals surface area contributed by atoms with Gasteiger partial charge in [0.25, 0.3) is 0 Å². The number of esters is 1. The molecule has 3 nitrogen and oxygen atoms in total. The molecule has 0 heterocycles. The van der Waals surface area contributed by atoms with E-state index in [2.05, 4.69) is 0 Å². The molecule has 0 aromatic carbocycles. The van der Waals surface area contributed by atoms with Gasteiger partial charge in [-0.25, -0.2) is 0 Å².